The van der Waals surface area contributed by atoms with Crippen LogP contribution in [0.5, 0.6) is 11.5 Å². The second-order valence-corrected chi connectivity index (χ2v) is 3.73. The molecule has 0 aliphatic carbocycles. The Hall–Kier alpha value is -2.00. The summed E-state index contributed by atoms with van der Waals surface area (Å²) in [7, 11) is 0. The van der Waals surface area contributed by atoms with Crippen molar-refractivity contribution in [3.05, 3.63) is 59.7 Å². The summed E-state index contributed by atoms with van der Waals surface area (Å²) in [5, 5.41) is 18.6. The van der Waals surface area contributed by atoms with Gasteiger partial charge >= 0.3 is 0 Å². The lowest BCUT2D eigenvalue weighted by Gasteiger charge is -2.09. The number of aliphatic hydroxyl groups excluding tert-OH is 1. The number of aliphatic hydroxyl groups is 1. The molecule has 0 bridgehead atoms. The highest BCUT2D eigenvalue weighted by Crippen LogP contribution is 2.27. The fourth-order valence-electron chi connectivity index (χ4n) is 1.51. The second-order valence-electron chi connectivity index (χ2n) is 3.73. The fraction of sp³-hybridized carbons (Fsp3) is 0.143. The smallest absolute Gasteiger partial charge is 0.161 e. The summed E-state index contributed by atoms with van der Waals surface area (Å²) < 4.78 is 5.50. The lowest BCUT2D eigenvalue weighted by atomic mass is 10.2. The van der Waals surface area contributed by atoms with Gasteiger partial charge in [0.15, 0.2) is 11.5 Å². The molecule has 17 heavy (non-hydrogen) atoms. The Morgan fingerprint density at radius 3 is 2.41 bits per heavy atom. The SMILES string of the molecule is OCc1ccc(O)c(OCc2ccccc2)c1. The van der Waals surface area contributed by atoms with E-state index in [-0.39, 0.29) is 12.4 Å². The van der Waals surface area contributed by atoms with E-state index in [1.54, 1.807) is 12.1 Å². The maximum atomic E-state index is 9.60. The summed E-state index contributed by atoms with van der Waals surface area (Å²) in [6.45, 7) is 0.325. The van der Waals surface area contributed by atoms with Crippen molar-refractivity contribution in [2.24, 2.45) is 0 Å². The predicted octanol–water partition coefficient (Wildman–Crippen LogP) is 2.46. The summed E-state index contributed by atoms with van der Waals surface area (Å²) in [4.78, 5) is 0. The number of hydrogen-bond acceptors (Lipinski definition) is 3. The Labute approximate surface area is 99.9 Å². The normalized spacial score (nSPS) is 10.2. The Kier molecular flexibility index (Phi) is 3.62. The van der Waals surface area contributed by atoms with Crippen LogP contribution in [-0.2, 0) is 13.2 Å². The molecule has 0 aromatic heterocycles. The molecule has 2 rings (SSSR count). The number of rotatable bonds is 4. The quantitative estimate of drug-likeness (QED) is 0.848. The molecule has 0 saturated heterocycles. The van der Waals surface area contributed by atoms with Gasteiger partial charge in [-0.15, -0.1) is 0 Å². The first kappa shape index (κ1) is 11.5. The van der Waals surface area contributed by atoms with Crippen LogP contribution in [0.25, 0.3) is 0 Å². The van der Waals surface area contributed by atoms with Crippen molar-refractivity contribution in [1.29, 1.82) is 0 Å². The van der Waals surface area contributed by atoms with Gasteiger partial charge in [0.25, 0.3) is 0 Å². The van der Waals surface area contributed by atoms with Crippen LogP contribution < -0.4 is 4.74 Å². The lowest BCUT2D eigenvalue weighted by Crippen LogP contribution is -1.96. The first-order chi connectivity index (χ1) is 8.29. The Bertz CT molecular complexity index is 480. The number of phenols is 1. The third-order valence-corrected chi connectivity index (χ3v) is 2.44. The Morgan fingerprint density at radius 2 is 1.71 bits per heavy atom. The largest absolute Gasteiger partial charge is 0.504 e. The van der Waals surface area contributed by atoms with Crippen LogP contribution >= 0.6 is 0 Å². The van der Waals surface area contributed by atoms with Gasteiger partial charge in [0, 0.05) is 0 Å². The molecule has 0 amide bonds. The number of aromatic hydroxyl groups is 1. The molecule has 0 unspecified atom stereocenters. The van der Waals surface area contributed by atoms with E-state index in [2.05, 4.69) is 0 Å². The highest BCUT2D eigenvalue weighted by atomic mass is 16.5. The van der Waals surface area contributed by atoms with Gasteiger partial charge in [0.1, 0.15) is 6.61 Å². The van der Waals surface area contributed by atoms with Gasteiger partial charge < -0.3 is 14.9 Å². The van der Waals surface area contributed by atoms with Crippen LogP contribution in [0.3, 0.4) is 0 Å². The topological polar surface area (TPSA) is 49.7 Å². The van der Waals surface area contributed by atoms with Crippen LogP contribution in [0.15, 0.2) is 48.5 Å². The van der Waals surface area contributed by atoms with E-state index in [0.717, 1.165) is 5.56 Å². The van der Waals surface area contributed by atoms with E-state index in [1.165, 1.54) is 6.07 Å². The number of hydrogen-bond donors (Lipinski definition) is 2. The predicted molar refractivity (Wildman–Crippen MR) is 64.8 cm³/mol. The van der Waals surface area contributed by atoms with Gasteiger partial charge in [-0.25, -0.2) is 0 Å². The molecule has 0 saturated carbocycles. The number of phenolic OH excluding ortho intramolecular Hbond substituents is 1. The minimum absolute atomic E-state index is 0.0675. The summed E-state index contributed by atoms with van der Waals surface area (Å²) in [6.07, 6.45) is 0. The molecule has 0 radical (unpaired) electrons. The van der Waals surface area contributed by atoms with Gasteiger partial charge in [-0.3, -0.25) is 0 Å². The molecule has 2 aromatic rings. The van der Waals surface area contributed by atoms with Crippen LogP contribution in [0.4, 0.5) is 0 Å². The summed E-state index contributed by atoms with van der Waals surface area (Å²) in [5.74, 6) is 0.471. The molecule has 0 atom stereocenters. The average Bonchev–Trinajstić information content (AvgIpc) is 2.39. The standard InChI is InChI=1S/C14H14O3/c15-9-12-6-7-13(16)14(8-12)17-10-11-4-2-1-3-5-11/h1-8,15-16H,9-10H2. The van der Waals surface area contributed by atoms with Crippen molar-refractivity contribution in [1.82, 2.24) is 0 Å². The Morgan fingerprint density at radius 1 is 0.941 bits per heavy atom. The van der Waals surface area contributed by atoms with E-state index >= 15 is 0 Å². The van der Waals surface area contributed by atoms with Crippen molar-refractivity contribution >= 4 is 0 Å². The summed E-state index contributed by atoms with van der Waals surface area (Å²) in [6, 6.07) is 14.5. The van der Waals surface area contributed by atoms with Crippen molar-refractivity contribution < 1.29 is 14.9 Å². The van der Waals surface area contributed by atoms with E-state index in [0.29, 0.717) is 17.9 Å². The van der Waals surface area contributed by atoms with E-state index < -0.39 is 0 Å². The van der Waals surface area contributed by atoms with Crippen molar-refractivity contribution in [2.45, 2.75) is 13.2 Å². The van der Waals surface area contributed by atoms with Crippen molar-refractivity contribution in [3.63, 3.8) is 0 Å². The summed E-state index contributed by atoms with van der Waals surface area (Å²) >= 11 is 0. The first-order valence-corrected chi connectivity index (χ1v) is 5.39. The van der Waals surface area contributed by atoms with Crippen LogP contribution in [-0.4, -0.2) is 10.2 Å². The van der Waals surface area contributed by atoms with Crippen molar-refractivity contribution in [3.8, 4) is 11.5 Å². The fourth-order valence-corrected chi connectivity index (χ4v) is 1.51. The highest BCUT2D eigenvalue weighted by Gasteiger charge is 2.03. The molecule has 0 spiro atoms. The zero-order valence-corrected chi connectivity index (χ0v) is 9.34. The molecule has 0 heterocycles. The van der Waals surface area contributed by atoms with Gasteiger partial charge in [-0.2, -0.15) is 0 Å². The molecule has 3 nitrogen and oxygen atoms in total. The zero-order chi connectivity index (χ0) is 12.1. The molecular weight excluding hydrogens is 216 g/mol. The molecule has 2 N–H and O–H groups in total. The first-order valence-electron chi connectivity index (χ1n) is 5.39. The number of ether oxygens (including phenoxy) is 1. The third kappa shape index (κ3) is 2.98. The highest BCUT2D eigenvalue weighted by molar-refractivity contribution is 5.41. The second kappa shape index (κ2) is 5.37. The van der Waals surface area contributed by atoms with Crippen molar-refractivity contribution in [2.75, 3.05) is 0 Å². The molecule has 0 aliphatic rings. The molecule has 0 aliphatic heterocycles. The zero-order valence-electron chi connectivity index (χ0n) is 9.34. The van der Waals surface area contributed by atoms with Gasteiger partial charge in [-0.1, -0.05) is 36.4 Å². The van der Waals surface area contributed by atoms with Gasteiger partial charge in [0.2, 0.25) is 0 Å². The molecule has 3 heteroatoms. The molecule has 2 aromatic carbocycles. The minimum atomic E-state index is -0.0675. The molecule has 0 fully saturated rings. The van der Waals surface area contributed by atoms with E-state index in [4.69, 9.17) is 9.84 Å². The van der Waals surface area contributed by atoms with Crippen LogP contribution in [0, 0.1) is 0 Å². The maximum Gasteiger partial charge on any atom is 0.161 e. The van der Waals surface area contributed by atoms with Gasteiger partial charge in [0.05, 0.1) is 6.61 Å². The van der Waals surface area contributed by atoms with Gasteiger partial charge in [-0.05, 0) is 23.3 Å². The third-order valence-electron chi connectivity index (χ3n) is 2.44. The van der Waals surface area contributed by atoms with E-state index in [1.807, 2.05) is 30.3 Å². The Balaban J connectivity index is 2.08. The number of benzene rings is 2. The molecular formula is C14H14O3. The monoisotopic (exact) mass is 230 g/mol. The van der Waals surface area contributed by atoms with Crippen LogP contribution in [0.2, 0.25) is 0 Å². The van der Waals surface area contributed by atoms with E-state index in [9.17, 15) is 5.11 Å². The average molecular weight is 230 g/mol. The maximum absolute atomic E-state index is 9.60. The van der Waals surface area contributed by atoms with Crippen LogP contribution in [0.1, 0.15) is 11.1 Å². The summed E-state index contributed by atoms with van der Waals surface area (Å²) in [5.41, 5.74) is 1.74. The lowest BCUT2D eigenvalue weighted by molar-refractivity contribution is 0.273. The minimum Gasteiger partial charge on any atom is -0.504 e. The molecule has 88 valence electrons.